The van der Waals surface area contributed by atoms with E-state index in [1.165, 1.54) is 0 Å². The van der Waals surface area contributed by atoms with Gasteiger partial charge in [0, 0.05) is 0 Å². The Hall–Kier alpha value is 1.83. The molecule has 0 aromatic rings. The third-order valence-corrected chi connectivity index (χ3v) is 1.06. The Morgan fingerprint density at radius 1 is 1.50 bits per heavy atom. The number of rotatable bonds is 1. The Morgan fingerprint density at radius 3 is 1.67 bits per heavy atom. The summed E-state index contributed by atoms with van der Waals surface area (Å²) in [5.41, 5.74) is 0. The molecule has 0 amide bonds. The van der Waals surface area contributed by atoms with Crippen molar-refractivity contribution in [2.45, 2.75) is 0 Å². The molecule has 0 spiro atoms. The predicted octanol–water partition coefficient (Wildman–Crippen LogP) is -0.899. The van der Waals surface area contributed by atoms with Crippen LogP contribution in [0.4, 0.5) is 0 Å². The van der Waals surface area contributed by atoms with Gasteiger partial charge in [0.2, 0.25) is 0 Å². The molecule has 1 atom stereocenters. The molecule has 0 saturated carbocycles. The van der Waals surface area contributed by atoms with Crippen molar-refractivity contribution in [1.29, 1.82) is 0 Å². The van der Waals surface area contributed by atoms with E-state index in [1.807, 2.05) is 0 Å². The standard InChI is InChI=1S/Ca.H2OP.2O.V.2H/c;1-2;;;;;/h;2H2;;;;;/q;-1;;;+1;;. The Morgan fingerprint density at radius 2 is 1.67 bits per heavy atom. The zero-order valence-electron chi connectivity index (χ0n) is 2.25. The maximum atomic E-state index is 9.24. The first-order valence-corrected chi connectivity index (χ1v) is 2.97. The second-order valence-electron chi connectivity index (χ2n) is 0.329. The van der Waals surface area contributed by atoms with Crippen LogP contribution in [0.2, 0.25) is 0 Å². The summed E-state index contributed by atoms with van der Waals surface area (Å²) in [5, 5.41) is 0. The van der Waals surface area contributed by atoms with Gasteiger partial charge in [-0.1, -0.05) is 0 Å². The van der Waals surface area contributed by atoms with Crippen LogP contribution in [0.3, 0.4) is 0 Å². The van der Waals surface area contributed by atoms with Crippen LogP contribution in [-0.4, -0.2) is 37.7 Å². The summed E-state index contributed by atoms with van der Waals surface area (Å²) in [6.45, 7) is 0. The van der Waals surface area contributed by atoms with Crippen LogP contribution in [-0.2, 0) is 26.2 Å². The third-order valence-electron chi connectivity index (χ3n) is 0.0861. The molecule has 0 aromatic heterocycles. The molecule has 0 radical (unpaired) electrons. The van der Waals surface area contributed by atoms with Gasteiger partial charge in [-0.15, -0.1) is 0 Å². The molecule has 0 N–H and O–H groups in total. The second-order valence-corrected chi connectivity index (χ2v) is 2.23. The van der Waals surface area contributed by atoms with Gasteiger partial charge in [-0.25, -0.2) is 0 Å². The summed E-state index contributed by atoms with van der Waals surface area (Å²) < 4.78 is 22.2. The second kappa shape index (κ2) is 6.83. The first kappa shape index (κ1) is 10.7. The van der Waals surface area contributed by atoms with E-state index in [1.54, 1.807) is 9.47 Å². The van der Waals surface area contributed by atoms with Crippen molar-refractivity contribution in [3.8, 4) is 0 Å². The van der Waals surface area contributed by atoms with Gasteiger partial charge in [-0.3, -0.25) is 0 Å². The molecule has 3 nitrogen and oxygen atoms in total. The minimum absolute atomic E-state index is 0. The van der Waals surface area contributed by atoms with Gasteiger partial charge in [-0.05, 0) is 0 Å². The van der Waals surface area contributed by atoms with E-state index in [4.69, 9.17) is 0 Å². The first-order chi connectivity index (χ1) is 2.27. The third kappa shape index (κ3) is 9.27. The van der Waals surface area contributed by atoms with Crippen molar-refractivity contribution in [3.05, 3.63) is 0 Å². The fourth-order valence-corrected chi connectivity index (χ4v) is 0. The topological polar surface area (TPSA) is 43.4 Å². The summed E-state index contributed by atoms with van der Waals surface area (Å²) in [4.78, 5) is 0. The van der Waals surface area contributed by atoms with Gasteiger partial charge in [0.05, 0.1) is 0 Å². The van der Waals surface area contributed by atoms with Crippen molar-refractivity contribution < 1.29 is 26.2 Å². The van der Waals surface area contributed by atoms with E-state index >= 15 is 0 Å². The van der Waals surface area contributed by atoms with Crippen LogP contribution in [0.5, 0.6) is 0 Å². The van der Waals surface area contributed by atoms with Gasteiger partial charge >= 0.3 is 73.4 Å². The van der Waals surface area contributed by atoms with Gasteiger partial charge in [-0.2, -0.15) is 0 Å². The van der Waals surface area contributed by atoms with Crippen molar-refractivity contribution in [2.24, 2.45) is 0 Å². The summed E-state index contributed by atoms with van der Waals surface area (Å²) in [7, 11) is 1.63. The molecule has 0 fully saturated rings. The molecule has 0 saturated heterocycles. The van der Waals surface area contributed by atoms with Gasteiger partial charge in [0.1, 0.15) is 0 Å². The van der Waals surface area contributed by atoms with E-state index in [2.05, 4.69) is 3.45 Å². The molecule has 0 aromatic carbocycles. The number of hydrogen-bond acceptors (Lipinski definition) is 3. The molecule has 0 aliphatic rings. The molecule has 1 unspecified atom stereocenters. The normalized spacial score (nSPS) is 6.17. The molecule has 0 aliphatic carbocycles. The molecule has 6 heteroatoms. The number of hydrogen-bond donors (Lipinski definition) is 0. The van der Waals surface area contributed by atoms with Crippen molar-refractivity contribution >= 4 is 47.2 Å². The SMILES string of the molecule is [CaH2].[O]=[V](=[O])[O]P. The van der Waals surface area contributed by atoms with Crippen LogP contribution in [0, 0.1) is 0 Å². The Kier molecular flexibility index (Phi) is 12.2. The van der Waals surface area contributed by atoms with Crippen molar-refractivity contribution in [1.82, 2.24) is 0 Å². The molecule has 0 bridgehead atoms. The van der Waals surface area contributed by atoms with E-state index in [0.717, 1.165) is 0 Å². The van der Waals surface area contributed by atoms with E-state index in [9.17, 15) is 7.35 Å². The van der Waals surface area contributed by atoms with Gasteiger partial charge in [0.15, 0.2) is 0 Å². The average Bonchev–Trinajstić information content (AvgIpc) is 1.38. The van der Waals surface area contributed by atoms with Gasteiger partial charge < -0.3 is 0 Å². The summed E-state index contributed by atoms with van der Waals surface area (Å²) >= 11 is -3.24. The fraction of sp³-hybridized carbons (Fsp3) is 0. The molecule has 0 aliphatic heterocycles. The molecular weight excluding hydrogens is 170 g/mol. The average molecular weight is 174 g/mol. The van der Waals surface area contributed by atoms with Crippen molar-refractivity contribution in [2.75, 3.05) is 0 Å². The van der Waals surface area contributed by atoms with Crippen LogP contribution in [0.15, 0.2) is 0 Å². The van der Waals surface area contributed by atoms with E-state index < -0.39 is 15.4 Å². The predicted molar refractivity (Wildman–Crippen MR) is 20.7 cm³/mol. The molecule has 0 heterocycles. The Labute approximate surface area is 72.5 Å². The maximum absolute atomic E-state index is 9.24. The summed E-state index contributed by atoms with van der Waals surface area (Å²) in [6, 6.07) is 0. The molecule has 34 valence electrons. The van der Waals surface area contributed by atoms with Crippen LogP contribution >= 0.6 is 9.47 Å². The van der Waals surface area contributed by atoms with E-state index in [-0.39, 0.29) is 37.7 Å². The van der Waals surface area contributed by atoms with E-state index in [0.29, 0.717) is 0 Å². The zero-order valence-corrected chi connectivity index (χ0v) is 4.80. The van der Waals surface area contributed by atoms with Gasteiger partial charge in [0.25, 0.3) is 0 Å². The minimum atomic E-state index is -3.24. The Bertz CT molecular complexity index is 68.9. The first-order valence-electron chi connectivity index (χ1n) is 0.783. The molecule has 6 heavy (non-hydrogen) atoms. The summed E-state index contributed by atoms with van der Waals surface area (Å²) in [6.07, 6.45) is 0. The van der Waals surface area contributed by atoms with Crippen LogP contribution in [0.1, 0.15) is 0 Å². The summed E-state index contributed by atoms with van der Waals surface area (Å²) in [5.74, 6) is 0. The Balaban J connectivity index is 0. The van der Waals surface area contributed by atoms with Crippen LogP contribution < -0.4 is 0 Å². The fourth-order valence-electron chi connectivity index (χ4n) is 0. The zero-order chi connectivity index (χ0) is 4.28. The quantitative estimate of drug-likeness (QED) is 0.382. The van der Waals surface area contributed by atoms with Crippen molar-refractivity contribution in [3.63, 3.8) is 0 Å². The monoisotopic (exact) mass is 174 g/mol. The molecule has 0 rings (SSSR count). The van der Waals surface area contributed by atoms with Crippen LogP contribution in [0.25, 0.3) is 0 Å². The molecular formula is H4CaO3PV.